The second kappa shape index (κ2) is 5.81. The van der Waals surface area contributed by atoms with Crippen LogP contribution in [0.2, 0.25) is 0 Å². The zero-order chi connectivity index (χ0) is 12.1. The smallest absolute Gasteiger partial charge is 0.274 e. The number of amides is 1. The molecule has 1 aromatic carbocycles. The monoisotopic (exact) mass is 290 g/mol. The number of benzene rings is 1. The average molecular weight is 291 g/mol. The number of carbonyl (C=O) groups excluding carboxylic acids is 1. The van der Waals surface area contributed by atoms with E-state index in [4.69, 9.17) is 10.6 Å². The van der Waals surface area contributed by atoms with Crippen molar-refractivity contribution in [3.63, 3.8) is 0 Å². The SMILES string of the molecule is CCC(Oc1ccc(F)c(Br)c1)C(=O)NN. The Hall–Kier alpha value is -1.14. The molecule has 16 heavy (non-hydrogen) atoms. The topological polar surface area (TPSA) is 64.3 Å². The van der Waals surface area contributed by atoms with Crippen LogP contribution in [0.15, 0.2) is 22.7 Å². The van der Waals surface area contributed by atoms with Gasteiger partial charge < -0.3 is 4.74 Å². The molecule has 1 amide bonds. The van der Waals surface area contributed by atoms with Gasteiger partial charge in [0.25, 0.3) is 5.91 Å². The van der Waals surface area contributed by atoms with Gasteiger partial charge in [-0.05, 0) is 40.5 Å². The first-order valence-electron chi connectivity index (χ1n) is 4.70. The zero-order valence-corrected chi connectivity index (χ0v) is 10.3. The summed E-state index contributed by atoms with van der Waals surface area (Å²) >= 11 is 3.03. The standard InChI is InChI=1S/C10H12BrFN2O2/c1-2-9(10(15)14-13)16-6-3-4-8(12)7(11)5-6/h3-5,9H,2,13H2,1H3,(H,14,15). The summed E-state index contributed by atoms with van der Waals surface area (Å²) in [4.78, 5) is 11.3. The van der Waals surface area contributed by atoms with Crippen molar-refractivity contribution in [3.05, 3.63) is 28.5 Å². The van der Waals surface area contributed by atoms with Gasteiger partial charge in [-0.15, -0.1) is 0 Å². The van der Waals surface area contributed by atoms with E-state index in [2.05, 4.69) is 15.9 Å². The van der Waals surface area contributed by atoms with Gasteiger partial charge in [-0.2, -0.15) is 0 Å². The van der Waals surface area contributed by atoms with Gasteiger partial charge in [-0.3, -0.25) is 10.2 Å². The molecule has 0 saturated carbocycles. The van der Waals surface area contributed by atoms with Crippen LogP contribution in [-0.2, 0) is 4.79 Å². The minimum atomic E-state index is -0.678. The highest BCUT2D eigenvalue weighted by Crippen LogP contribution is 2.22. The second-order valence-corrected chi connectivity index (χ2v) is 3.95. The third-order valence-corrected chi connectivity index (χ3v) is 2.58. The molecular weight excluding hydrogens is 279 g/mol. The summed E-state index contributed by atoms with van der Waals surface area (Å²) in [5.74, 6) is 4.61. The Morgan fingerprint density at radius 2 is 2.38 bits per heavy atom. The predicted octanol–water partition coefficient (Wildman–Crippen LogP) is 1.74. The number of carbonyl (C=O) groups is 1. The zero-order valence-electron chi connectivity index (χ0n) is 8.67. The van der Waals surface area contributed by atoms with Gasteiger partial charge in [0.2, 0.25) is 0 Å². The molecule has 0 saturated heterocycles. The number of hydrogen-bond donors (Lipinski definition) is 2. The quantitative estimate of drug-likeness (QED) is 0.504. The maximum atomic E-state index is 12.9. The first-order chi connectivity index (χ1) is 7.58. The summed E-state index contributed by atoms with van der Waals surface area (Å²) in [6, 6.07) is 4.17. The van der Waals surface area contributed by atoms with E-state index in [1.165, 1.54) is 18.2 Å². The van der Waals surface area contributed by atoms with Gasteiger partial charge in [-0.25, -0.2) is 10.2 Å². The Labute approximate surface area is 101 Å². The number of ether oxygens (including phenoxy) is 1. The van der Waals surface area contributed by atoms with E-state index in [-0.39, 0.29) is 10.3 Å². The summed E-state index contributed by atoms with van der Waals surface area (Å²) < 4.78 is 18.6. The molecule has 0 bridgehead atoms. The normalized spacial score (nSPS) is 12.0. The van der Waals surface area contributed by atoms with E-state index in [1.807, 2.05) is 5.43 Å². The van der Waals surface area contributed by atoms with Crippen LogP contribution in [0.25, 0.3) is 0 Å². The van der Waals surface area contributed by atoms with Crippen LogP contribution in [0.1, 0.15) is 13.3 Å². The molecule has 6 heteroatoms. The molecule has 1 atom stereocenters. The number of nitrogens with two attached hydrogens (primary N) is 1. The van der Waals surface area contributed by atoms with Crippen LogP contribution < -0.4 is 16.0 Å². The van der Waals surface area contributed by atoms with Crippen molar-refractivity contribution in [2.75, 3.05) is 0 Å². The molecule has 1 rings (SSSR count). The van der Waals surface area contributed by atoms with Crippen molar-refractivity contribution in [2.45, 2.75) is 19.4 Å². The van der Waals surface area contributed by atoms with E-state index in [1.54, 1.807) is 6.92 Å². The van der Waals surface area contributed by atoms with Crippen LogP contribution in [-0.4, -0.2) is 12.0 Å². The maximum absolute atomic E-state index is 12.9. The first-order valence-corrected chi connectivity index (χ1v) is 5.50. The summed E-state index contributed by atoms with van der Waals surface area (Å²) in [5, 5.41) is 0. The molecule has 0 aliphatic carbocycles. The Morgan fingerprint density at radius 1 is 1.69 bits per heavy atom. The minimum Gasteiger partial charge on any atom is -0.481 e. The lowest BCUT2D eigenvalue weighted by Gasteiger charge is -2.15. The lowest BCUT2D eigenvalue weighted by atomic mass is 10.2. The van der Waals surface area contributed by atoms with Crippen LogP contribution >= 0.6 is 15.9 Å². The average Bonchev–Trinajstić information content (AvgIpc) is 2.29. The van der Waals surface area contributed by atoms with Crippen molar-refractivity contribution < 1.29 is 13.9 Å². The largest absolute Gasteiger partial charge is 0.481 e. The van der Waals surface area contributed by atoms with Crippen molar-refractivity contribution in [3.8, 4) is 5.75 Å². The molecular formula is C10H12BrFN2O2. The fourth-order valence-corrected chi connectivity index (χ4v) is 1.49. The van der Waals surface area contributed by atoms with Crippen LogP contribution in [0, 0.1) is 5.82 Å². The fourth-order valence-electron chi connectivity index (χ4n) is 1.13. The Bertz CT molecular complexity index is 387. The van der Waals surface area contributed by atoms with Crippen molar-refractivity contribution in [1.29, 1.82) is 0 Å². The highest BCUT2D eigenvalue weighted by atomic mass is 79.9. The molecule has 0 heterocycles. The molecule has 1 unspecified atom stereocenters. The lowest BCUT2D eigenvalue weighted by molar-refractivity contribution is -0.128. The lowest BCUT2D eigenvalue weighted by Crippen LogP contribution is -2.41. The molecule has 0 aliphatic rings. The van der Waals surface area contributed by atoms with Crippen LogP contribution in [0.4, 0.5) is 4.39 Å². The molecule has 0 aromatic heterocycles. The molecule has 0 spiro atoms. The highest BCUT2D eigenvalue weighted by molar-refractivity contribution is 9.10. The number of hydrogen-bond acceptors (Lipinski definition) is 3. The van der Waals surface area contributed by atoms with Crippen molar-refractivity contribution in [2.24, 2.45) is 5.84 Å². The van der Waals surface area contributed by atoms with E-state index in [0.29, 0.717) is 12.2 Å². The second-order valence-electron chi connectivity index (χ2n) is 3.10. The third-order valence-electron chi connectivity index (χ3n) is 1.97. The fraction of sp³-hybridized carbons (Fsp3) is 0.300. The molecule has 0 fully saturated rings. The Balaban J connectivity index is 2.78. The number of nitrogens with one attached hydrogen (secondary N) is 1. The maximum Gasteiger partial charge on any atom is 0.274 e. The van der Waals surface area contributed by atoms with E-state index >= 15 is 0 Å². The van der Waals surface area contributed by atoms with Crippen LogP contribution in [0.5, 0.6) is 5.75 Å². The molecule has 4 nitrogen and oxygen atoms in total. The molecule has 3 N–H and O–H groups in total. The molecule has 1 aromatic rings. The Morgan fingerprint density at radius 3 is 2.88 bits per heavy atom. The molecule has 88 valence electrons. The van der Waals surface area contributed by atoms with E-state index in [0.717, 1.165) is 0 Å². The number of halogens is 2. The minimum absolute atomic E-state index is 0.285. The molecule has 0 aliphatic heterocycles. The summed E-state index contributed by atoms with van der Waals surface area (Å²) in [7, 11) is 0. The third kappa shape index (κ3) is 3.18. The van der Waals surface area contributed by atoms with Crippen molar-refractivity contribution in [1.82, 2.24) is 5.43 Å². The van der Waals surface area contributed by atoms with Gasteiger partial charge in [0.15, 0.2) is 6.10 Å². The van der Waals surface area contributed by atoms with E-state index in [9.17, 15) is 9.18 Å². The van der Waals surface area contributed by atoms with E-state index < -0.39 is 12.0 Å². The summed E-state index contributed by atoms with van der Waals surface area (Å²) in [6.07, 6.45) is -0.208. The van der Waals surface area contributed by atoms with Crippen molar-refractivity contribution >= 4 is 21.8 Å². The first kappa shape index (κ1) is 12.9. The Kier molecular flexibility index (Phi) is 4.70. The summed E-state index contributed by atoms with van der Waals surface area (Å²) in [6.45, 7) is 1.79. The summed E-state index contributed by atoms with van der Waals surface area (Å²) in [5.41, 5.74) is 2.01. The predicted molar refractivity (Wildman–Crippen MR) is 61.1 cm³/mol. The van der Waals surface area contributed by atoms with Gasteiger partial charge in [-0.1, -0.05) is 6.92 Å². The number of rotatable bonds is 4. The molecule has 0 radical (unpaired) electrons. The van der Waals surface area contributed by atoms with Gasteiger partial charge in [0.1, 0.15) is 11.6 Å². The van der Waals surface area contributed by atoms with Gasteiger partial charge >= 0.3 is 0 Å². The highest BCUT2D eigenvalue weighted by Gasteiger charge is 2.17. The van der Waals surface area contributed by atoms with Gasteiger partial charge in [0.05, 0.1) is 4.47 Å². The van der Waals surface area contributed by atoms with Crippen LogP contribution in [0.3, 0.4) is 0 Å². The van der Waals surface area contributed by atoms with Gasteiger partial charge in [0, 0.05) is 0 Å². The number of hydrazine groups is 1.